The lowest BCUT2D eigenvalue weighted by Crippen LogP contribution is -2.08. The summed E-state index contributed by atoms with van der Waals surface area (Å²) in [5, 5.41) is 4.52. The Morgan fingerprint density at radius 1 is 0.882 bits per heavy atom. The average molecular weight is 470 g/mol. The van der Waals surface area contributed by atoms with Crippen LogP contribution in [0.3, 0.4) is 0 Å². The molecule has 34 heavy (non-hydrogen) atoms. The molecule has 3 aromatic carbocycles. The highest BCUT2D eigenvalue weighted by Gasteiger charge is 2.31. The van der Waals surface area contributed by atoms with Crippen molar-refractivity contribution < 1.29 is 8.42 Å². The van der Waals surface area contributed by atoms with Gasteiger partial charge in [0.05, 0.1) is 22.1 Å². The molecule has 0 fully saturated rings. The van der Waals surface area contributed by atoms with Gasteiger partial charge in [0.25, 0.3) is 0 Å². The number of sulfone groups is 1. The van der Waals surface area contributed by atoms with Gasteiger partial charge in [-0.15, -0.1) is 0 Å². The first kappa shape index (κ1) is 21.8. The number of aromatic nitrogens is 3. The van der Waals surface area contributed by atoms with Crippen molar-refractivity contribution in [2.45, 2.75) is 30.6 Å². The van der Waals surface area contributed by atoms with Gasteiger partial charge in [0.2, 0.25) is 9.84 Å². The van der Waals surface area contributed by atoms with Gasteiger partial charge in [-0.05, 0) is 55.7 Å². The molecule has 0 saturated heterocycles. The minimum atomic E-state index is -4.01. The Hall–Kier alpha value is -4.04. The number of para-hydroxylation sites is 2. The topological polar surface area (TPSA) is 103 Å². The lowest BCUT2D eigenvalue weighted by Gasteiger charge is -2.09. The summed E-state index contributed by atoms with van der Waals surface area (Å²) < 4.78 is 29.2. The van der Waals surface area contributed by atoms with E-state index in [1.807, 2.05) is 62.4 Å². The van der Waals surface area contributed by atoms with E-state index in [0.717, 1.165) is 16.7 Å². The fourth-order valence-electron chi connectivity index (χ4n) is 3.99. The number of nitrogens with two attached hydrogens (primary N) is 1. The van der Waals surface area contributed by atoms with Gasteiger partial charge < -0.3 is 5.73 Å². The van der Waals surface area contributed by atoms with E-state index < -0.39 is 9.84 Å². The normalized spacial score (nSPS) is 12.2. The number of nitrogens with zero attached hydrogens (tertiary/aromatic N) is 4. The third-order valence-electron chi connectivity index (χ3n) is 5.69. The molecule has 2 aromatic heterocycles. The van der Waals surface area contributed by atoms with E-state index in [0.29, 0.717) is 16.6 Å². The van der Waals surface area contributed by atoms with Crippen LogP contribution < -0.4 is 5.73 Å². The minimum absolute atomic E-state index is 0.0323. The highest BCUT2D eigenvalue weighted by molar-refractivity contribution is 7.92. The van der Waals surface area contributed by atoms with E-state index in [-0.39, 0.29) is 26.8 Å². The van der Waals surface area contributed by atoms with Gasteiger partial charge in [0.1, 0.15) is 16.2 Å². The molecule has 0 saturated carbocycles. The molecule has 5 rings (SSSR count). The first-order chi connectivity index (χ1) is 16.3. The van der Waals surface area contributed by atoms with Crippen molar-refractivity contribution in [1.82, 2.24) is 14.6 Å². The smallest absolute Gasteiger partial charge is 0.212 e. The van der Waals surface area contributed by atoms with Gasteiger partial charge in [-0.1, -0.05) is 54.1 Å². The van der Waals surface area contributed by atoms with Crippen molar-refractivity contribution in [3.8, 4) is 0 Å². The standard InChI is InChI=1S/C26H23N5O2S/c1-16-7-6-8-19(13-16)15-28-31-25(27)24(34(32,33)22-14-17(2)11-12-18(22)3)23-26(31)30-21-10-5-4-9-20(21)29-23/h4-15H,27H2,1-3H3/b28-15-. The van der Waals surface area contributed by atoms with Crippen molar-refractivity contribution in [2.75, 3.05) is 5.73 Å². The van der Waals surface area contributed by atoms with Crippen LogP contribution >= 0.6 is 0 Å². The molecule has 2 heterocycles. The number of nitrogen functional groups attached to an aromatic ring is 1. The first-order valence-electron chi connectivity index (χ1n) is 10.8. The second-order valence-corrected chi connectivity index (χ2v) is 10.2. The first-order valence-corrected chi connectivity index (χ1v) is 12.2. The van der Waals surface area contributed by atoms with Crippen LogP contribution in [-0.2, 0) is 9.84 Å². The van der Waals surface area contributed by atoms with Crippen LogP contribution in [0.25, 0.3) is 22.2 Å². The maximum Gasteiger partial charge on any atom is 0.212 e. The predicted molar refractivity (Wildman–Crippen MR) is 135 cm³/mol. The number of anilines is 1. The summed E-state index contributed by atoms with van der Waals surface area (Å²) in [4.78, 5) is 9.44. The summed E-state index contributed by atoms with van der Waals surface area (Å²) in [6, 6.07) is 20.4. The second-order valence-electron chi connectivity index (χ2n) is 8.34. The molecule has 0 radical (unpaired) electrons. The van der Waals surface area contributed by atoms with Gasteiger partial charge in [-0.3, -0.25) is 0 Å². The Bertz CT molecular complexity index is 1720. The second kappa shape index (κ2) is 8.07. The van der Waals surface area contributed by atoms with E-state index in [4.69, 9.17) is 5.73 Å². The largest absolute Gasteiger partial charge is 0.382 e. The Balaban J connectivity index is 1.82. The Kier molecular flexibility index (Phi) is 5.17. The van der Waals surface area contributed by atoms with Crippen molar-refractivity contribution in [3.05, 3.63) is 89.0 Å². The fraction of sp³-hybridized carbons (Fsp3) is 0.115. The van der Waals surface area contributed by atoms with E-state index in [1.54, 1.807) is 31.3 Å². The number of fused-ring (bicyclic) bond motifs is 2. The Morgan fingerprint density at radius 2 is 1.59 bits per heavy atom. The molecule has 0 bridgehead atoms. The predicted octanol–water partition coefficient (Wildman–Crippen LogP) is 4.81. The summed E-state index contributed by atoms with van der Waals surface area (Å²) in [5.41, 5.74) is 11.5. The maximum absolute atomic E-state index is 13.9. The number of aryl methyl sites for hydroxylation is 3. The average Bonchev–Trinajstić information content (AvgIpc) is 3.08. The van der Waals surface area contributed by atoms with Crippen LogP contribution in [0.5, 0.6) is 0 Å². The molecule has 0 unspecified atom stereocenters. The molecular weight excluding hydrogens is 446 g/mol. The summed E-state index contributed by atoms with van der Waals surface area (Å²) in [5.74, 6) is -0.0323. The van der Waals surface area contributed by atoms with Crippen LogP contribution in [-0.4, -0.2) is 29.3 Å². The van der Waals surface area contributed by atoms with E-state index in [1.165, 1.54) is 4.68 Å². The van der Waals surface area contributed by atoms with Gasteiger partial charge in [-0.25, -0.2) is 18.4 Å². The van der Waals surface area contributed by atoms with Crippen LogP contribution in [0, 0.1) is 20.8 Å². The van der Waals surface area contributed by atoms with Crippen LogP contribution in [0.1, 0.15) is 22.3 Å². The maximum atomic E-state index is 13.9. The highest BCUT2D eigenvalue weighted by Crippen LogP contribution is 2.36. The minimum Gasteiger partial charge on any atom is -0.382 e. The summed E-state index contributed by atoms with van der Waals surface area (Å²) >= 11 is 0. The third kappa shape index (κ3) is 3.62. The third-order valence-corrected chi connectivity index (χ3v) is 7.65. The summed E-state index contributed by atoms with van der Waals surface area (Å²) in [7, 11) is -4.01. The molecule has 0 aliphatic carbocycles. The number of hydrogen-bond donors (Lipinski definition) is 1. The van der Waals surface area contributed by atoms with E-state index in [9.17, 15) is 8.42 Å². The van der Waals surface area contributed by atoms with Crippen LogP contribution in [0.2, 0.25) is 0 Å². The SMILES string of the molecule is Cc1cccc(/C=N\n2c(N)c(S(=O)(=O)c3cc(C)ccc3C)c3nc4ccccc4nc32)c1. The monoisotopic (exact) mass is 469 g/mol. The molecule has 0 aliphatic rings. The van der Waals surface area contributed by atoms with Gasteiger partial charge in [-0.2, -0.15) is 9.78 Å². The molecule has 5 aromatic rings. The van der Waals surface area contributed by atoms with Gasteiger partial charge in [0.15, 0.2) is 5.65 Å². The molecule has 2 N–H and O–H groups in total. The lowest BCUT2D eigenvalue weighted by molar-refractivity contribution is 0.596. The number of rotatable bonds is 4. The zero-order valence-electron chi connectivity index (χ0n) is 19.0. The molecule has 0 aliphatic heterocycles. The van der Waals surface area contributed by atoms with Crippen molar-refractivity contribution in [3.63, 3.8) is 0 Å². The van der Waals surface area contributed by atoms with Crippen LogP contribution in [0.15, 0.2) is 81.6 Å². The fourth-order valence-corrected chi connectivity index (χ4v) is 5.79. The molecule has 8 heteroatoms. The molecule has 170 valence electrons. The van der Waals surface area contributed by atoms with Crippen molar-refractivity contribution >= 4 is 44.1 Å². The highest BCUT2D eigenvalue weighted by atomic mass is 32.2. The number of hydrogen-bond acceptors (Lipinski definition) is 6. The van der Waals surface area contributed by atoms with Crippen molar-refractivity contribution in [2.24, 2.45) is 5.10 Å². The molecule has 7 nitrogen and oxygen atoms in total. The molecule has 0 spiro atoms. The van der Waals surface area contributed by atoms with Gasteiger partial charge in [0, 0.05) is 0 Å². The summed E-state index contributed by atoms with van der Waals surface area (Å²) in [6.07, 6.45) is 1.63. The molecule has 0 atom stereocenters. The Morgan fingerprint density at radius 3 is 2.32 bits per heavy atom. The zero-order valence-corrected chi connectivity index (χ0v) is 19.8. The quantitative estimate of drug-likeness (QED) is 0.381. The van der Waals surface area contributed by atoms with E-state index >= 15 is 0 Å². The number of benzene rings is 3. The van der Waals surface area contributed by atoms with E-state index in [2.05, 4.69) is 15.1 Å². The summed E-state index contributed by atoms with van der Waals surface area (Å²) in [6.45, 7) is 5.60. The zero-order chi connectivity index (χ0) is 24.0. The molecule has 0 amide bonds. The Labute approximate surface area is 197 Å². The van der Waals surface area contributed by atoms with Gasteiger partial charge >= 0.3 is 0 Å². The van der Waals surface area contributed by atoms with Crippen LogP contribution in [0.4, 0.5) is 5.82 Å². The van der Waals surface area contributed by atoms with Crippen molar-refractivity contribution in [1.29, 1.82) is 0 Å². The molecular formula is C26H23N5O2S. The lowest BCUT2D eigenvalue weighted by atomic mass is 10.2.